The van der Waals surface area contributed by atoms with Crippen molar-refractivity contribution in [3.8, 4) is 0 Å². The molecule has 0 aromatic heterocycles. The van der Waals surface area contributed by atoms with Gasteiger partial charge in [0.1, 0.15) is 0 Å². The zero-order valence-electron chi connectivity index (χ0n) is 13.8. The first kappa shape index (κ1) is 17.1. The van der Waals surface area contributed by atoms with E-state index in [0.717, 1.165) is 6.54 Å². The Labute approximate surface area is 140 Å². The number of rotatable bonds is 4. The van der Waals surface area contributed by atoms with Crippen LogP contribution in [0.1, 0.15) is 42.4 Å². The van der Waals surface area contributed by atoms with Gasteiger partial charge in [-0.25, -0.2) is 0 Å². The van der Waals surface area contributed by atoms with Crippen LogP contribution in [0.5, 0.6) is 0 Å². The minimum atomic E-state index is 0. The maximum Gasteiger partial charge on any atom is 0.0223 e. The van der Waals surface area contributed by atoms with Gasteiger partial charge >= 0.3 is 0 Å². The number of hydrogen-bond acceptors (Lipinski definition) is 1. The van der Waals surface area contributed by atoms with E-state index >= 15 is 0 Å². The van der Waals surface area contributed by atoms with Gasteiger partial charge in [-0.1, -0.05) is 61.5 Å². The summed E-state index contributed by atoms with van der Waals surface area (Å²) < 4.78 is 0. The van der Waals surface area contributed by atoms with Gasteiger partial charge in [-0.15, -0.1) is 12.4 Å². The fourth-order valence-electron chi connectivity index (χ4n) is 3.93. The second-order valence-corrected chi connectivity index (χ2v) is 6.69. The predicted molar refractivity (Wildman–Crippen MR) is 97.1 cm³/mol. The Balaban J connectivity index is 0.00000176. The summed E-state index contributed by atoms with van der Waals surface area (Å²) >= 11 is 0. The third-order valence-corrected chi connectivity index (χ3v) is 4.97. The van der Waals surface area contributed by atoms with E-state index in [2.05, 4.69) is 80.5 Å². The first-order valence-electron chi connectivity index (χ1n) is 7.93. The highest BCUT2D eigenvalue weighted by Crippen LogP contribution is 2.51. The molecule has 1 aliphatic rings. The third-order valence-electron chi connectivity index (χ3n) is 4.97. The zero-order valence-corrected chi connectivity index (χ0v) is 14.6. The molecular formula is C20H26ClN. The number of hydrogen-bond donors (Lipinski definition) is 0. The molecule has 0 saturated heterocycles. The molecule has 0 spiro atoms. The Morgan fingerprint density at radius 2 is 1.64 bits per heavy atom. The SMILES string of the molecule is CC1CC(CCN(C)C)(c2ccccc2)c2ccccc21.Cl. The Morgan fingerprint density at radius 3 is 2.32 bits per heavy atom. The molecule has 2 aromatic carbocycles. The maximum absolute atomic E-state index is 2.37. The van der Waals surface area contributed by atoms with E-state index in [1.807, 2.05) is 0 Å². The lowest BCUT2D eigenvalue weighted by atomic mass is 9.72. The van der Waals surface area contributed by atoms with Gasteiger partial charge in [-0.05, 0) is 56.1 Å². The van der Waals surface area contributed by atoms with E-state index in [4.69, 9.17) is 0 Å². The molecule has 0 aliphatic heterocycles. The summed E-state index contributed by atoms with van der Waals surface area (Å²) in [6, 6.07) is 20.1. The van der Waals surface area contributed by atoms with E-state index in [-0.39, 0.29) is 17.8 Å². The summed E-state index contributed by atoms with van der Waals surface area (Å²) in [7, 11) is 4.34. The monoisotopic (exact) mass is 315 g/mol. The van der Waals surface area contributed by atoms with Crippen LogP contribution in [0.3, 0.4) is 0 Å². The normalized spacial score (nSPS) is 23.2. The van der Waals surface area contributed by atoms with Crippen LogP contribution in [-0.2, 0) is 5.41 Å². The van der Waals surface area contributed by atoms with Crippen LogP contribution < -0.4 is 0 Å². The summed E-state index contributed by atoms with van der Waals surface area (Å²) in [5.41, 5.74) is 4.75. The fourth-order valence-corrected chi connectivity index (χ4v) is 3.93. The zero-order chi connectivity index (χ0) is 14.9. The van der Waals surface area contributed by atoms with E-state index < -0.39 is 0 Å². The molecule has 0 fully saturated rings. The minimum Gasteiger partial charge on any atom is -0.309 e. The van der Waals surface area contributed by atoms with Crippen molar-refractivity contribution < 1.29 is 0 Å². The smallest absolute Gasteiger partial charge is 0.0223 e. The van der Waals surface area contributed by atoms with E-state index in [9.17, 15) is 0 Å². The molecular weight excluding hydrogens is 290 g/mol. The highest BCUT2D eigenvalue weighted by molar-refractivity contribution is 5.85. The van der Waals surface area contributed by atoms with Gasteiger partial charge in [0.05, 0.1) is 0 Å². The Morgan fingerprint density at radius 1 is 1.00 bits per heavy atom. The molecule has 2 aromatic rings. The van der Waals surface area contributed by atoms with Gasteiger partial charge in [0.2, 0.25) is 0 Å². The molecule has 0 bridgehead atoms. The highest BCUT2D eigenvalue weighted by Gasteiger charge is 2.42. The molecule has 2 heteroatoms. The summed E-state index contributed by atoms with van der Waals surface area (Å²) in [5, 5.41) is 0. The molecule has 2 atom stereocenters. The highest BCUT2D eigenvalue weighted by atomic mass is 35.5. The molecule has 0 saturated carbocycles. The van der Waals surface area contributed by atoms with Crippen LogP contribution >= 0.6 is 12.4 Å². The molecule has 3 rings (SSSR count). The van der Waals surface area contributed by atoms with Crippen molar-refractivity contribution >= 4 is 12.4 Å². The quantitative estimate of drug-likeness (QED) is 0.779. The summed E-state index contributed by atoms with van der Waals surface area (Å²) in [6.45, 7) is 3.50. The minimum absolute atomic E-state index is 0. The van der Waals surface area contributed by atoms with Crippen molar-refractivity contribution in [2.75, 3.05) is 20.6 Å². The third kappa shape index (κ3) is 2.93. The standard InChI is InChI=1S/C20H25N.ClH/c1-16-15-20(13-14-21(2)3,17-9-5-4-6-10-17)19-12-8-7-11-18(16)19;/h4-12,16H,13-15H2,1-3H3;1H. The van der Waals surface area contributed by atoms with Crippen molar-refractivity contribution in [1.82, 2.24) is 4.90 Å². The van der Waals surface area contributed by atoms with Crippen molar-refractivity contribution in [1.29, 1.82) is 0 Å². The molecule has 0 amide bonds. The van der Waals surface area contributed by atoms with Crippen molar-refractivity contribution in [3.05, 3.63) is 71.3 Å². The molecule has 118 valence electrons. The van der Waals surface area contributed by atoms with E-state index in [0.29, 0.717) is 5.92 Å². The average molecular weight is 316 g/mol. The van der Waals surface area contributed by atoms with Crippen molar-refractivity contribution in [2.45, 2.75) is 31.1 Å². The number of halogens is 1. The average Bonchev–Trinajstić information content (AvgIpc) is 2.80. The molecule has 0 N–H and O–H groups in total. The molecule has 0 radical (unpaired) electrons. The van der Waals surface area contributed by atoms with Crippen molar-refractivity contribution in [2.24, 2.45) is 0 Å². The Kier molecular flexibility index (Phi) is 5.31. The van der Waals surface area contributed by atoms with Gasteiger partial charge in [0, 0.05) is 5.41 Å². The van der Waals surface area contributed by atoms with Crippen LogP contribution in [0, 0.1) is 0 Å². The summed E-state index contributed by atoms with van der Waals surface area (Å²) in [6.07, 6.45) is 2.41. The lowest BCUT2D eigenvalue weighted by Crippen LogP contribution is -2.30. The van der Waals surface area contributed by atoms with Crippen LogP contribution in [0.15, 0.2) is 54.6 Å². The van der Waals surface area contributed by atoms with Gasteiger partial charge in [0.15, 0.2) is 0 Å². The Hall–Kier alpha value is -1.31. The van der Waals surface area contributed by atoms with E-state index in [1.54, 1.807) is 11.1 Å². The summed E-state index contributed by atoms with van der Waals surface area (Å²) in [5.74, 6) is 0.642. The van der Waals surface area contributed by atoms with E-state index in [1.165, 1.54) is 18.4 Å². The van der Waals surface area contributed by atoms with Gasteiger partial charge in [-0.3, -0.25) is 0 Å². The molecule has 22 heavy (non-hydrogen) atoms. The topological polar surface area (TPSA) is 3.24 Å². The number of nitrogens with zero attached hydrogens (tertiary/aromatic N) is 1. The lowest BCUT2D eigenvalue weighted by Gasteiger charge is -2.33. The molecule has 0 heterocycles. The van der Waals surface area contributed by atoms with Crippen LogP contribution in [0.4, 0.5) is 0 Å². The first-order valence-corrected chi connectivity index (χ1v) is 7.93. The van der Waals surface area contributed by atoms with Crippen molar-refractivity contribution in [3.63, 3.8) is 0 Å². The number of fused-ring (bicyclic) bond motifs is 1. The predicted octanol–water partition coefficient (Wildman–Crippen LogP) is 4.85. The maximum atomic E-state index is 2.37. The van der Waals surface area contributed by atoms with Gasteiger partial charge < -0.3 is 4.90 Å². The second-order valence-electron chi connectivity index (χ2n) is 6.69. The van der Waals surface area contributed by atoms with Gasteiger partial charge in [-0.2, -0.15) is 0 Å². The van der Waals surface area contributed by atoms with Crippen LogP contribution in [-0.4, -0.2) is 25.5 Å². The second kappa shape index (κ2) is 6.85. The fraction of sp³-hybridized carbons (Fsp3) is 0.400. The molecule has 2 unspecified atom stereocenters. The molecule has 1 nitrogen and oxygen atoms in total. The molecule has 1 aliphatic carbocycles. The first-order chi connectivity index (χ1) is 10.1. The lowest BCUT2D eigenvalue weighted by molar-refractivity contribution is 0.336. The number of benzene rings is 2. The van der Waals surface area contributed by atoms with Crippen LogP contribution in [0.2, 0.25) is 0 Å². The summed E-state index contributed by atoms with van der Waals surface area (Å²) in [4.78, 5) is 2.30. The largest absolute Gasteiger partial charge is 0.309 e. The Bertz CT molecular complexity index is 608. The van der Waals surface area contributed by atoms with Gasteiger partial charge in [0.25, 0.3) is 0 Å². The van der Waals surface area contributed by atoms with Crippen LogP contribution in [0.25, 0.3) is 0 Å².